The number of ether oxygens (including phenoxy) is 1. The fraction of sp³-hybridized carbons (Fsp3) is 0.476. The molecule has 28 heavy (non-hydrogen) atoms. The normalized spacial score (nSPS) is 21.2. The maximum Gasteiger partial charge on any atom is 0.411 e. The SMILES string of the molecule is Cc1cc(C)cc(CN2C(=O)OC3(CCNCC3)C2C(=O)c2cc(C)on2)c1. The molecule has 7 heteroatoms. The third-order valence-corrected chi connectivity index (χ3v) is 5.55. The van der Waals surface area contributed by atoms with Crippen LogP contribution in [0.2, 0.25) is 0 Å². The lowest BCUT2D eigenvalue weighted by molar-refractivity contribution is 0.00977. The van der Waals surface area contributed by atoms with Crippen LogP contribution in [-0.4, -0.2) is 46.7 Å². The fourth-order valence-corrected chi connectivity index (χ4v) is 4.42. The Kier molecular flexibility index (Phi) is 4.71. The van der Waals surface area contributed by atoms with Gasteiger partial charge in [0.1, 0.15) is 17.4 Å². The highest BCUT2D eigenvalue weighted by Crippen LogP contribution is 2.39. The average Bonchev–Trinajstić information content (AvgIpc) is 3.17. The quantitative estimate of drug-likeness (QED) is 0.817. The number of amides is 1. The van der Waals surface area contributed by atoms with Crippen molar-refractivity contribution in [3.8, 4) is 0 Å². The van der Waals surface area contributed by atoms with Crippen molar-refractivity contribution in [1.82, 2.24) is 15.4 Å². The largest absolute Gasteiger partial charge is 0.440 e. The zero-order valence-electron chi connectivity index (χ0n) is 16.4. The van der Waals surface area contributed by atoms with Gasteiger partial charge in [0.2, 0.25) is 5.78 Å². The molecule has 3 heterocycles. The fourth-order valence-electron chi connectivity index (χ4n) is 4.42. The molecular weight excluding hydrogens is 358 g/mol. The monoisotopic (exact) mass is 383 g/mol. The molecule has 2 aliphatic heterocycles. The van der Waals surface area contributed by atoms with E-state index < -0.39 is 17.7 Å². The van der Waals surface area contributed by atoms with Gasteiger partial charge in [-0.2, -0.15) is 0 Å². The number of aromatic nitrogens is 1. The van der Waals surface area contributed by atoms with E-state index in [9.17, 15) is 9.59 Å². The summed E-state index contributed by atoms with van der Waals surface area (Å²) in [7, 11) is 0. The molecule has 1 amide bonds. The highest BCUT2D eigenvalue weighted by atomic mass is 16.6. The Morgan fingerprint density at radius 1 is 1.18 bits per heavy atom. The smallest absolute Gasteiger partial charge is 0.411 e. The molecule has 2 saturated heterocycles. The first kappa shape index (κ1) is 18.7. The molecule has 2 aromatic rings. The topological polar surface area (TPSA) is 84.7 Å². The molecule has 7 nitrogen and oxygen atoms in total. The average molecular weight is 383 g/mol. The number of hydrogen-bond donors (Lipinski definition) is 1. The lowest BCUT2D eigenvalue weighted by Gasteiger charge is -2.36. The number of piperidine rings is 1. The minimum Gasteiger partial charge on any atom is -0.440 e. The number of carbonyl (C=O) groups excluding carboxylic acids is 2. The summed E-state index contributed by atoms with van der Waals surface area (Å²) in [4.78, 5) is 27.8. The van der Waals surface area contributed by atoms with E-state index in [2.05, 4.69) is 16.5 Å². The molecule has 2 fully saturated rings. The van der Waals surface area contributed by atoms with Gasteiger partial charge in [-0.3, -0.25) is 9.69 Å². The predicted molar refractivity (Wildman–Crippen MR) is 102 cm³/mol. The van der Waals surface area contributed by atoms with Crippen LogP contribution in [0.15, 0.2) is 28.8 Å². The first-order chi connectivity index (χ1) is 13.4. The lowest BCUT2D eigenvalue weighted by atomic mass is 9.81. The van der Waals surface area contributed by atoms with Gasteiger partial charge in [0.15, 0.2) is 5.69 Å². The molecule has 4 rings (SSSR count). The van der Waals surface area contributed by atoms with Gasteiger partial charge in [-0.15, -0.1) is 0 Å². The van der Waals surface area contributed by atoms with Crippen LogP contribution < -0.4 is 5.32 Å². The second-order valence-electron chi connectivity index (χ2n) is 7.90. The van der Waals surface area contributed by atoms with E-state index >= 15 is 0 Å². The highest BCUT2D eigenvalue weighted by Gasteiger charge is 2.57. The summed E-state index contributed by atoms with van der Waals surface area (Å²) >= 11 is 0. The Hall–Kier alpha value is -2.67. The van der Waals surface area contributed by atoms with Crippen LogP contribution in [0.5, 0.6) is 0 Å². The van der Waals surface area contributed by atoms with Crippen molar-refractivity contribution in [2.24, 2.45) is 0 Å². The van der Waals surface area contributed by atoms with Crippen molar-refractivity contribution in [3.63, 3.8) is 0 Å². The molecule has 0 radical (unpaired) electrons. The Labute approximate surface area is 164 Å². The Bertz CT molecular complexity index is 894. The van der Waals surface area contributed by atoms with Gasteiger partial charge in [0.25, 0.3) is 0 Å². The van der Waals surface area contributed by atoms with Gasteiger partial charge in [-0.05, 0) is 39.4 Å². The van der Waals surface area contributed by atoms with Crippen LogP contribution in [0.3, 0.4) is 0 Å². The summed E-state index contributed by atoms with van der Waals surface area (Å²) in [5, 5.41) is 7.18. The van der Waals surface area contributed by atoms with Gasteiger partial charge in [0.05, 0.1) is 0 Å². The first-order valence-corrected chi connectivity index (χ1v) is 9.63. The van der Waals surface area contributed by atoms with Gasteiger partial charge in [-0.25, -0.2) is 4.79 Å². The van der Waals surface area contributed by atoms with Crippen molar-refractivity contribution in [2.45, 2.75) is 51.8 Å². The molecule has 1 aromatic carbocycles. The minimum absolute atomic E-state index is 0.228. The number of nitrogens with zero attached hydrogens (tertiary/aromatic N) is 2. The van der Waals surface area contributed by atoms with Crippen LogP contribution in [0.4, 0.5) is 4.79 Å². The summed E-state index contributed by atoms with van der Waals surface area (Å²) < 4.78 is 11.0. The van der Waals surface area contributed by atoms with E-state index in [-0.39, 0.29) is 11.5 Å². The summed E-state index contributed by atoms with van der Waals surface area (Å²) in [5.74, 6) is 0.336. The molecule has 1 aromatic heterocycles. The summed E-state index contributed by atoms with van der Waals surface area (Å²) in [6, 6.07) is 7.06. The van der Waals surface area contributed by atoms with Crippen molar-refractivity contribution in [3.05, 3.63) is 52.4 Å². The number of benzene rings is 1. The molecule has 1 unspecified atom stereocenters. The van der Waals surface area contributed by atoms with E-state index in [0.29, 0.717) is 38.2 Å². The highest BCUT2D eigenvalue weighted by molar-refractivity contribution is 6.02. The summed E-state index contributed by atoms with van der Waals surface area (Å²) in [6.07, 6.45) is 0.740. The molecule has 0 saturated carbocycles. The Balaban J connectivity index is 1.72. The van der Waals surface area contributed by atoms with E-state index in [1.165, 1.54) is 0 Å². The summed E-state index contributed by atoms with van der Waals surface area (Å²) in [6.45, 7) is 7.51. The van der Waals surface area contributed by atoms with E-state index in [1.807, 2.05) is 26.0 Å². The van der Waals surface area contributed by atoms with Crippen LogP contribution >= 0.6 is 0 Å². The van der Waals surface area contributed by atoms with Crippen molar-refractivity contribution in [1.29, 1.82) is 0 Å². The third-order valence-electron chi connectivity index (χ3n) is 5.55. The molecular formula is C21H25N3O4. The molecule has 2 aliphatic rings. The Morgan fingerprint density at radius 2 is 1.86 bits per heavy atom. The van der Waals surface area contributed by atoms with Crippen molar-refractivity contribution in [2.75, 3.05) is 13.1 Å². The Morgan fingerprint density at radius 3 is 2.46 bits per heavy atom. The molecule has 1 atom stereocenters. The van der Waals surface area contributed by atoms with Gasteiger partial charge in [-0.1, -0.05) is 34.5 Å². The van der Waals surface area contributed by atoms with E-state index in [4.69, 9.17) is 9.26 Å². The number of ketones is 1. The van der Waals surface area contributed by atoms with Crippen LogP contribution in [0.25, 0.3) is 0 Å². The molecule has 0 aliphatic carbocycles. The van der Waals surface area contributed by atoms with E-state index in [1.54, 1.807) is 17.9 Å². The zero-order valence-corrected chi connectivity index (χ0v) is 16.4. The predicted octanol–water partition coefficient (Wildman–Crippen LogP) is 2.93. The maximum absolute atomic E-state index is 13.4. The van der Waals surface area contributed by atoms with Crippen molar-refractivity contribution >= 4 is 11.9 Å². The van der Waals surface area contributed by atoms with Gasteiger partial charge < -0.3 is 14.6 Å². The summed E-state index contributed by atoms with van der Waals surface area (Å²) in [5.41, 5.74) is 2.63. The van der Waals surface area contributed by atoms with Gasteiger partial charge in [0, 0.05) is 25.5 Å². The third kappa shape index (κ3) is 3.30. The maximum atomic E-state index is 13.4. The number of carbonyl (C=O) groups is 2. The molecule has 1 N–H and O–H groups in total. The zero-order chi connectivity index (χ0) is 19.9. The lowest BCUT2D eigenvalue weighted by Crippen LogP contribution is -2.55. The van der Waals surface area contributed by atoms with Crippen LogP contribution in [-0.2, 0) is 11.3 Å². The number of nitrogens with one attached hydrogen (secondary N) is 1. The molecule has 1 spiro atoms. The van der Waals surface area contributed by atoms with Crippen molar-refractivity contribution < 1.29 is 18.8 Å². The van der Waals surface area contributed by atoms with Crippen LogP contribution in [0, 0.1) is 20.8 Å². The standard InChI is InChI=1S/C21H25N3O4/c1-13-8-14(2)10-16(9-13)12-24-19(18(25)17-11-15(3)28-23-17)21(27-20(24)26)4-6-22-7-5-21/h8-11,19,22H,4-7,12H2,1-3H3. The first-order valence-electron chi connectivity index (χ1n) is 9.63. The van der Waals surface area contributed by atoms with Gasteiger partial charge >= 0.3 is 6.09 Å². The molecule has 148 valence electrons. The number of hydrogen-bond acceptors (Lipinski definition) is 6. The second-order valence-corrected chi connectivity index (χ2v) is 7.90. The van der Waals surface area contributed by atoms with Crippen LogP contribution in [0.1, 0.15) is 45.8 Å². The number of rotatable bonds is 4. The minimum atomic E-state index is -0.828. The number of Topliss-reactive ketones (excluding diaryl/α,β-unsaturated/α-hetero) is 1. The number of aryl methyl sites for hydroxylation is 3. The molecule has 0 bridgehead atoms. The second kappa shape index (κ2) is 7.05. The van der Waals surface area contributed by atoms with E-state index in [0.717, 1.165) is 16.7 Å².